The molecule has 2 atom stereocenters. The van der Waals surface area contributed by atoms with Crippen molar-refractivity contribution in [1.82, 2.24) is 9.88 Å². The smallest absolute Gasteiger partial charge is 0.315 e. The van der Waals surface area contributed by atoms with Crippen LogP contribution in [0.15, 0.2) is 36.5 Å². The van der Waals surface area contributed by atoms with Crippen LogP contribution in [0, 0.1) is 5.41 Å². The van der Waals surface area contributed by atoms with Gasteiger partial charge in [-0.3, -0.25) is 9.59 Å². The average Bonchev–Trinajstić information content (AvgIpc) is 2.73. The predicted molar refractivity (Wildman–Crippen MR) is 131 cm³/mol. The highest BCUT2D eigenvalue weighted by molar-refractivity contribution is 6.31. The lowest BCUT2D eigenvalue weighted by Crippen LogP contribution is -2.57. The lowest BCUT2D eigenvalue weighted by atomic mass is 9.85. The number of esters is 1. The number of amides is 1. The van der Waals surface area contributed by atoms with E-state index in [0.29, 0.717) is 34.6 Å². The van der Waals surface area contributed by atoms with Gasteiger partial charge in [0.15, 0.2) is 5.82 Å². The van der Waals surface area contributed by atoms with Gasteiger partial charge in [0.2, 0.25) is 5.91 Å². The van der Waals surface area contributed by atoms with Gasteiger partial charge in [0.1, 0.15) is 6.42 Å². The maximum absolute atomic E-state index is 13.0. The van der Waals surface area contributed by atoms with Crippen LogP contribution in [0.4, 0.5) is 11.5 Å². The number of anilines is 2. The molecule has 1 saturated heterocycles. The summed E-state index contributed by atoms with van der Waals surface area (Å²) in [5, 5.41) is 1.08. The summed E-state index contributed by atoms with van der Waals surface area (Å²) in [6, 6.07) is 8.86. The van der Waals surface area contributed by atoms with Gasteiger partial charge in [0.05, 0.1) is 23.9 Å². The topological polar surface area (TPSA) is 88.8 Å². The van der Waals surface area contributed by atoms with Crippen molar-refractivity contribution >= 4 is 46.6 Å². The van der Waals surface area contributed by atoms with Gasteiger partial charge in [-0.15, -0.1) is 0 Å². The van der Waals surface area contributed by atoms with Gasteiger partial charge in [0, 0.05) is 30.4 Å². The number of rotatable bonds is 5. The van der Waals surface area contributed by atoms with E-state index in [1.165, 1.54) is 7.11 Å². The first-order chi connectivity index (χ1) is 15.5. The maximum Gasteiger partial charge on any atom is 0.315 e. The Kier molecular flexibility index (Phi) is 7.75. The second-order valence-electron chi connectivity index (χ2n) is 9.51. The number of aromatic nitrogens is 1. The molecule has 0 aliphatic carbocycles. The second kappa shape index (κ2) is 10.2. The Bertz CT molecular complexity index is 1010. The summed E-state index contributed by atoms with van der Waals surface area (Å²) in [5.74, 6) is -0.202. The number of methoxy groups -OCH3 is 1. The first kappa shape index (κ1) is 25.1. The zero-order chi connectivity index (χ0) is 24.3. The van der Waals surface area contributed by atoms with Gasteiger partial charge in [-0.2, -0.15) is 0 Å². The number of hydrogen-bond acceptors (Lipinski definition) is 6. The van der Waals surface area contributed by atoms with Crippen LogP contribution in [0.25, 0.3) is 0 Å². The number of hydrogen-bond donors (Lipinski definition) is 1. The van der Waals surface area contributed by atoms with Crippen LogP contribution in [-0.2, 0) is 14.3 Å². The minimum absolute atomic E-state index is 0.0386. The van der Waals surface area contributed by atoms with Gasteiger partial charge in [0.25, 0.3) is 0 Å². The van der Waals surface area contributed by atoms with Crippen LogP contribution in [0.2, 0.25) is 10.0 Å². The number of carbonyl (C=O) groups excluding carboxylic acids is 2. The third-order valence-corrected chi connectivity index (χ3v) is 6.10. The van der Waals surface area contributed by atoms with Crippen molar-refractivity contribution in [3.8, 4) is 0 Å². The molecule has 2 aromatic rings. The van der Waals surface area contributed by atoms with Crippen molar-refractivity contribution in [3.63, 3.8) is 0 Å². The van der Waals surface area contributed by atoms with E-state index in [4.69, 9.17) is 33.7 Å². The quantitative estimate of drug-likeness (QED) is 0.479. The Hall–Kier alpha value is -2.51. The highest BCUT2D eigenvalue weighted by Gasteiger charge is 2.40. The van der Waals surface area contributed by atoms with Crippen LogP contribution >= 0.6 is 23.2 Å². The van der Waals surface area contributed by atoms with E-state index in [1.807, 2.05) is 24.3 Å². The molecule has 1 aliphatic heterocycles. The first-order valence-electron chi connectivity index (χ1n) is 10.8. The third-order valence-electron chi connectivity index (χ3n) is 5.64. The van der Waals surface area contributed by atoms with Crippen LogP contribution < -0.4 is 10.6 Å². The normalized spacial score (nSPS) is 18.8. The molecule has 3 rings (SSSR count). The van der Waals surface area contributed by atoms with Crippen LogP contribution in [0.1, 0.15) is 45.2 Å². The summed E-state index contributed by atoms with van der Waals surface area (Å²) in [6.07, 6.45) is 2.05. The number of carbonyl (C=O) groups is 2. The number of benzene rings is 1. The largest absolute Gasteiger partial charge is 0.469 e. The average molecular weight is 493 g/mol. The number of nitrogens with two attached hydrogens (primary N) is 1. The molecule has 178 valence electrons. The summed E-state index contributed by atoms with van der Waals surface area (Å²) in [6.45, 7) is 7.24. The number of pyridine rings is 1. The minimum atomic E-state index is -0.554. The molecule has 0 radical (unpaired) electrons. The molecule has 1 aromatic heterocycles. The van der Waals surface area contributed by atoms with E-state index in [0.717, 1.165) is 12.0 Å². The summed E-state index contributed by atoms with van der Waals surface area (Å²) in [7, 11) is 1.28. The fourth-order valence-electron chi connectivity index (χ4n) is 4.28. The molecule has 1 aliphatic rings. The molecule has 2 N–H and O–H groups in total. The summed E-state index contributed by atoms with van der Waals surface area (Å²) in [4.78, 5) is 33.3. The van der Waals surface area contributed by atoms with E-state index in [1.54, 1.807) is 17.2 Å². The molecule has 7 nitrogen and oxygen atoms in total. The van der Waals surface area contributed by atoms with E-state index in [2.05, 4.69) is 30.7 Å². The fraction of sp³-hybridized carbons (Fsp3) is 0.458. The molecule has 0 spiro atoms. The highest BCUT2D eigenvalue weighted by atomic mass is 35.5. The van der Waals surface area contributed by atoms with Crippen molar-refractivity contribution < 1.29 is 14.3 Å². The van der Waals surface area contributed by atoms with Gasteiger partial charge >= 0.3 is 5.97 Å². The summed E-state index contributed by atoms with van der Waals surface area (Å²) < 4.78 is 4.71. The second-order valence-corrected chi connectivity index (χ2v) is 10.4. The molecule has 0 saturated carbocycles. The molecular weight excluding hydrogens is 463 g/mol. The zero-order valence-corrected chi connectivity index (χ0v) is 20.9. The maximum atomic E-state index is 13.0. The number of ether oxygens (including phenoxy) is 1. The molecule has 1 unspecified atom stereocenters. The third kappa shape index (κ3) is 6.30. The van der Waals surface area contributed by atoms with E-state index >= 15 is 0 Å². The Labute approximate surface area is 204 Å². The minimum Gasteiger partial charge on any atom is -0.469 e. The Morgan fingerprint density at radius 3 is 2.39 bits per heavy atom. The van der Waals surface area contributed by atoms with Gasteiger partial charge in [-0.1, -0.05) is 56.1 Å². The standard InChI is InChI=1S/C24H30Cl2N4O3/c1-24(2,3)11-18-13-29(21(31)10-22(32)33-4)14-20(15-5-7-16(25)8-6-15)30(18)23-19(27)9-17(26)12-28-23/h5-9,12,18,20H,10-11,13-14,27H2,1-4H3/t18-,20?/m0/s1. The van der Waals surface area contributed by atoms with Crippen molar-refractivity contribution in [2.45, 2.75) is 45.7 Å². The molecule has 0 bridgehead atoms. The SMILES string of the molecule is COC(=O)CC(=O)N1CC(c2ccc(Cl)cc2)N(c2ncc(Cl)cc2N)[C@@H](CC(C)(C)C)C1. The molecule has 9 heteroatoms. The first-order valence-corrected chi connectivity index (χ1v) is 11.5. The van der Waals surface area contributed by atoms with Crippen LogP contribution in [0.3, 0.4) is 0 Å². The molecule has 1 fully saturated rings. The lowest BCUT2D eigenvalue weighted by molar-refractivity contribution is -0.147. The highest BCUT2D eigenvalue weighted by Crippen LogP contribution is 2.40. The van der Waals surface area contributed by atoms with Crippen molar-refractivity contribution in [3.05, 3.63) is 52.1 Å². The van der Waals surface area contributed by atoms with E-state index in [-0.39, 0.29) is 29.8 Å². The van der Waals surface area contributed by atoms with Gasteiger partial charge in [-0.05, 0) is 35.6 Å². The van der Waals surface area contributed by atoms with Crippen molar-refractivity contribution in [2.24, 2.45) is 5.41 Å². The van der Waals surface area contributed by atoms with Gasteiger partial charge in [-0.25, -0.2) is 4.98 Å². The molecule has 1 aromatic carbocycles. The number of halogens is 2. The number of nitrogen functional groups attached to an aromatic ring is 1. The van der Waals surface area contributed by atoms with E-state index < -0.39 is 5.97 Å². The molecule has 2 heterocycles. The van der Waals surface area contributed by atoms with Gasteiger partial charge < -0.3 is 20.3 Å². The molecular formula is C24H30Cl2N4O3. The Morgan fingerprint density at radius 2 is 1.82 bits per heavy atom. The molecule has 33 heavy (non-hydrogen) atoms. The Morgan fingerprint density at radius 1 is 1.15 bits per heavy atom. The van der Waals surface area contributed by atoms with Crippen LogP contribution in [0.5, 0.6) is 0 Å². The van der Waals surface area contributed by atoms with E-state index in [9.17, 15) is 9.59 Å². The van der Waals surface area contributed by atoms with Crippen molar-refractivity contribution in [1.29, 1.82) is 0 Å². The van der Waals surface area contributed by atoms with Crippen molar-refractivity contribution in [2.75, 3.05) is 30.8 Å². The molecule has 1 amide bonds. The number of nitrogens with zero attached hydrogens (tertiary/aromatic N) is 3. The summed E-state index contributed by atoms with van der Waals surface area (Å²) >= 11 is 12.3. The van der Waals surface area contributed by atoms with Crippen LogP contribution in [-0.4, -0.2) is 48.0 Å². The monoisotopic (exact) mass is 492 g/mol. The Balaban J connectivity index is 2.09. The predicted octanol–water partition coefficient (Wildman–Crippen LogP) is 4.73. The number of piperazine rings is 1. The zero-order valence-electron chi connectivity index (χ0n) is 19.3. The fourth-order valence-corrected chi connectivity index (χ4v) is 4.58. The summed E-state index contributed by atoms with van der Waals surface area (Å²) in [5.41, 5.74) is 7.76. The lowest BCUT2D eigenvalue weighted by Gasteiger charge is -2.49.